The van der Waals surface area contributed by atoms with Crippen LogP contribution < -0.4 is 9.47 Å². The van der Waals surface area contributed by atoms with E-state index < -0.39 is 0 Å². The van der Waals surface area contributed by atoms with E-state index in [1.807, 2.05) is 36.4 Å². The van der Waals surface area contributed by atoms with Crippen molar-refractivity contribution in [2.75, 3.05) is 0 Å². The van der Waals surface area contributed by atoms with Crippen molar-refractivity contribution in [2.45, 2.75) is 13.5 Å². The molecule has 0 atom stereocenters. The van der Waals surface area contributed by atoms with E-state index in [2.05, 4.69) is 35.0 Å². The number of benzene rings is 3. The zero-order valence-corrected chi connectivity index (χ0v) is 16.3. The largest absolute Gasteiger partial charge is 0.489 e. The molecule has 0 amide bonds. The average molecular weight is 421 g/mol. The van der Waals surface area contributed by atoms with Crippen LogP contribution in [0.4, 0.5) is 0 Å². The number of carbonyl (C=O) groups excluding carboxylic acids is 1. The van der Waals surface area contributed by atoms with Crippen LogP contribution in [0.15, 0.2) is 77.0 Å². The zero-order chi connectivity index (χ0) is 18.8. The van der Waals surface area contributed by atoms with E-state index >= 15 is 0 Å². The molecule has 0 unspecified atom stereocenters. The van der Waals surface area contributed by atoms with Crippen LogP contribution in [-0.2, 0) is 6.61 Å². The van der Waals surface area contributed by atoms with Gasteiger partial charge in [0.1, 0.15) is 18.1 Å². The molecule has 4 rings (SSSR count). The summed E-state index contributed by atoms with van der Waals surface area (Å²) in [7, 11) is 0. The first kappa shape index (κ1) is 17.6. The molecule has 3 nitrogen and oxygen atoms in total. The fourth-order valence-electron chi connectivity index (χ4n) is 2.82. The maximum Gasteiger partial charge on any atom is 0.231 e. The number of hydrogen-bond donors (Lipinski definition) is 0. The third-order valence-corrected chi connectivity index (χ3v) is 4.86. The number of halogens is 1. The fourth-order valence-corrected chi connectivity index (χ4v) is 3.08. The van der Waals surface area contributed by atoms with Crippen molar-refractivity contribution < 1.29 is 14.3 Å². The molecule has 4 heteroatoms. The molecule has 0 bridgehead atoms. The van der Waals surface area contributed by atoms with Gasteiger partial charge in [-0.2, -0.15) is 0 Å². The second kappa shape index (κ2) is 7.41. The van der Waals surface area contributed by atoms with Gasteiger partial charge in [0.25, 0.3) is 0 Å². The smallest absolute Gasteiger partial charge is 0.231 e. The Morgan fingerprint density at radius 1 is 1.00 bits per heavy atom. The Morgan fingerprint density at radius 3 is 2.48 bits per heavy atom. The highest BCUT2D eigenvalue weighted by Crippen LogP contribution is 2.35. The molecule has 27 heavy (non-hydrogen) atoms. The number of ketones is 1. The van der Waals surface area contributed by atoms with Crippen molar-refractivity contribution in [3.05, 3.63) is 99.2 Å². The highest BCUT2D eigenvalue weighted by Gasteiger charge is 2.27. The standard InChI is InChI=1S/C23H17BrO3/c1-15-2-4-17(5-3-15)14-26-19-10-11-20-21(13-19)27-22(23(20)25)12-16-6-8-18(24)9-7-16/h2-13H,14H2,1H3/b22-12-. The van der Waals surface area contributed by atoms with Gasteiger partial charge in [-0.3, -0.25) is 4.79 Å². The van der Waals surface area contributed by atoms with Crippen molar-refractivity contribution in [3.8, 4) is 11.5 Å². The molecule has 1 heterocycles. The summed E-state index contributed by atoms with van der Waals surface area (Å²) in [5, 5.41) is 0. The number of fused-ring (bicyclic) bond motifs is 1. The SMILES string of the molecule is Cc1ccc(COc2ccc3c(c2)O/C(=C\c2ccc(Br)cc2)C3=O)cc1. The first-order chi connectivity index (χ1) is 13.1. The summed E-state index contributed by atoms with van der Waals surface area (Å²) in [4.78, 5) is 12.5. The molecular weight excluding hydrogens is 404 g/mol. The average Bonchev–Trinajstić information content (AvgIpc) is 2.98. The van der Waals surface area contributed by atoms with E-state index in [0.29, 0.717) is 29.4 Å². The molecule has 0 saturated heterocycles. The number of rotatable bonds is 4. The second-order valence-electron chi connectivity index (χ2n) is 6.42. The third kappa shape index (κ3) is 3.96. The van der Waals surface area contributed by atoms with E-state index in [-0.39, 0.29) is 5.78 Å². The molecule has 0 saturated carbocycles. The van der Waals surface area contributed by atoms with E-state index in [9.17, 15) is 4.79 Å². The molecule has 0 N–H and O–H groups in total. The van der Waals surface area contributed by atoms with Gasteiger partial charge < -0.3 is 9.47 Å². The highest BCUT2D eigenvalue weighted by atomic mass is 79.9. The Bertz CT molecular complexity index is 1020. The van der Waals surface area contributed by atoms with E-state index in [4.69, 9.17) is 9.47 Å². The maximum atomic E-state index is 12.5. The van der Waals surface area contributed by atoms with Gasteiger partial charge in [-0.15, -0.1) is 0 Å². The van der Waals surface area contributed by atoms with Crippen LogP contribution in [0.25, 0.3) is 6.08 Å². The topological polar surface area (TPSA) is 35.5 Å². The lowest BCUT2D eigenvalue weighted by atomic mass is 10.1. The fraction of sp³-hybridized carbons (Fsp3) is 0.0870. The highest BCUT2D eigenvalue weighted by molar-refractivity contribution is 9.10. The zero-order valence-electron chi connectivity index (χ0n) is 14.7. The molecule has 3 aromatic carbocycles. The summed E-state index contributed by atoms with van der Waals surface area (Å²) in [5.41, 5.74) is 3.77. The lowest BCUT2D eigenvalue weighted by Gasteiger charge is -2.07. The summed E-state index contributed by atoms with van der Waals surface area (Å²) >= 11 is 3.40. The molecule has 1 aliphatic rings. The van der Waals surface area contributed by atoms with Gasteiger partial charge >= 0.3 is 0 Å². The molecule has 0 aliphatic carbocycles. The summed E-state index contributed by atoms with van der Waals surface area (Å²) in [6, 6.07) is 21.2. The van der Waals surface area contributed by atoms with Crippen LogP contribution in [0.2, 0.25) is 0 Å². The van der Waals surface area contributed by atoms with Crippen LogP contribution in [-0.4, -0.2) is 5.78 Å². The van der Waals surface area contributed by atoms with Gasteiger partial charge in [0.05, 0.1) is 5.56 Å². The molecule has 0 spiro atoms. The lowest BCUT2D eigenvalue weighted by molar-refractivity contribution is 0.101. The van der Waals surface area contributed by atoms with Gasteiger partial charge in [-0.1, -0.05) is 57.9 Å². The Labute approximate surface area is 166 Å². The van der Waals surface area contributed by atoms with E-state index in [1.165, 1.54) is 5.56 Å². The molecule has 0 aromatic heterocycles. The minimum atomic E-state index is -0.113. The predicted octanol–water partition coefficient (Wildman–Crippen LogP) is 5.95. The third-order valence-electron chi connectivity index (χ3n) is 4.34. The van der Waals surface area contributed by atoms with E-state index in [1.54, 1.807) is 24.3 Å². The van der Waals surface area contributed by atoms with Gasteiger partial charge in [-0.25, -0.2) is 0 Å². The van der Waals surface area contributed by atoms with Crippen molar-refractivity contribution in [1.82, 2.24) is 0 Å². The summed E-state index contributed by atoms with van der Waals surface area (Å²) in [6.45, 7) is 2.52. The second-order valence-corrected chi connectivity index (χ2v) is 7.34. The number of aryl methyl sites for hydroxylation is 1. The quantitative estimate of drug-likeness (QED) is 0.488. The first-order valence-corrected chi connectivity index (χ1v) is 9.40. The summed E-state index contributed by atoms with van der Waals surface area (Å²) in [6.07, 6.45) is 1.75. The Morgan fingerprint density at radius 2 is 1.74 bits per heavy atom. The van der Waals surface area contributed by atoms with Crippen molar-refractivity contribution in [1.29, 1.82) is 0 Å². The molecular formula is C23H17BrO3. The van der Waals surface area contributed by atoms with Crippen LogP contribution in [0.1, 0.15) is 27.0 Å². The molecule has 134 valence electrons. The van der Waals surface area contributed by atoms with Gasteiger partial charge in [0.15, 0.2) is 5.76 Å². The minimum Gasteiger partial charge on any atom is -0.489 e. The molecule has 3 aromatic rings. The number of allylic oxidation sites excluding steroid dienone is 1. The number of carbonyl (C=O) groups is 1. The van der Waals surface area contributed by atoms with Crippen LogP contribution in [0.3, 0.4) is 0 Å². The maximum absolute atomic E-state index is 12.5. The first-order valence-electron chi connectivity index (χ1n) is 8.61. The van der Waals surface area contributed by atoms with Crippen molar-refractivity contribution >= 4 is 27.8 Å². The molecule has 1 aliphatic heterocycles. The van der Waals surface area contributed by atoms with Crippen LogP contribution >= 0.6 is 15.9 Å². The number of ether oxygens (including phenoxy) is 2. The monoisotopic (exact) mass is 420 g/mol. The molecule has 0 radical (unpaired) electrons. The number of hydrogen-bond acceptors (Lipinski definition) is 3. The van der Waals surface area contributed by atoms with Crippen molar-refractivity contribution in [3.63, 3.8) is 0 Å². The Hall–Kier alpha value is -2.85. The lowest BCUT2D eigenvalue weighted by Crippen LogP contribution is -1.98. The van der Waals surface area contributed by atoms with Gasteiger partial charge in [0, 0.05) is 10.5 Å². The van der Waals surface area contributed by atoms with E-state index in [0.717, 1.165) is 15.6 Å². The number of Topliss-reactive ketones (excluding diaryl/α,β-unsaturated/α-hetero) is 1. The Balaban J connectivity index is 1.50. The normalized spacial score (nSPS) is 14.1. The summed E-state index contributed by atoms with van der Waals surface area (Å²) in [5.74, 6) is 1.41. The van der Waals surface area contributed by atoms with Gasteiger partial charge in [0.2, 0.25) is 5.78 Å². The van der Waals surface area contributed by atoms with Gasteiger partial charge in [-0.05, 0) is 48.4 Å². The van der Waals surface area contributed by atoms with Crippen LogP contribution in [0.5, 0.6) is 11.5 Å². The Kier molecular flexibility index (Phi) is 4.82. The van der Waals surface area contributed by atoms with Crippen molar-refractivity contribution in [2.24, 2.45) is 0 Å². The summed E-state index contributed by atoms with van der Waals surface area (Å²) < 4.78 is 12.6. The minimum absolute atomic E-state index is 0.113. The van der Waals surface area contributed by atoms with Crippen LogP contribution in [0, 0.1) is 6.92 Å². The molecule has 0 fully saturated rings. The predicted molar refractivity (Wildman–Crippen MR) is 109 cm³/mol.